The van der Waals surface area contributed by atoms with Crippen molar-refractivity contribution in [3.63, 3.8) is 0 Å². The third-order valence-corrected chi connectivity index (χ3v) is 7.58. The van der Waals surface area contributed by atoms with Crippen LogP contribution in [-0.4, -0.2) is 47.9 Å². The number of nitrogens with zero attached hydrogens (tertiary/aromatic N) is 2. The highest BCUT2D eigenvalue weighted by Gasteiger charge is 2.33. The van der Waals surface area contributed by atoms with Crippen LogP contribution in [0.3, 0.4) is 0 Å². The van der Waals surface area contributed by atoms with Gasteiger partial charge in [-0.05, 0) is 65.6 Å². The Hall–Kier alpha value is -2.35. The standard InChI is InChI=1S/C24H25ClN2O3S2/c1-2-11-26(24(29)22-4-3-13-31-22)15-23(28)27-12-9-21-19(10-14-32-21)20(27)16-30-18-7-5-17(25)6-8-18/h3-8,10,13-14,20H,2,9,11-12,15-16H2,1H3/t20-/m1/s1. The van der Waals surface area contributed by atoms with Gasteiger partial charge in [0.1, 0.15) is 18.9 Å². The Morgan fingerprint density at radius 2 is 1.97 bits per heavy atom. The van der Waals surface area contributed by atoms with Crippen LogP contribution in [0.1, 0.15) is 39.5 Å². The van der Waals surface area contributed by atoms with Gasteiger partial charge < -0.3 is 14.5 Å². The molecule has 5 nitrogen and oxygen atoms in total. The molecule has 0 spiro atoms. The molecule has 1 aromatic carbocycles. The van der Waals surface area contributed by atoms with E-state index in [1.165, 1.54) is 16.2 Å². The highest BCUT2D eigenvalue weighted by molar-refractivity contribution is 7.12. The maximum absolute atomic E-state index is 13.4. The molecule has 8 heteroatoms. The first-order chi connectivity index (χ1) is 15.6. The fourth-order valence-corrected chi connectivity index (χ4v) is 5.66. The van der Waals surface area contributed by atoms with E-state index in [1.54, 1.807) is 34.4 Å². The van der Waals surface area contributed by atoms with Gasteiger partial charge in [-0.1, -0.05) is 24.6 Å². The second-order valence-electron chi connectivity index (χ2n) is 7.62. The number of fused-ring (bicyclic) bond motifs is 1. The van der Waals surface area contributed by atoms with E-state index in [0.29, 0.717) is 35.3 Å². The lowest BCUT2D eigenvalue weighted by Crippen LogP contribution is -2.47. The molecule has 0 radical (unpaired) electrons. The van der Waals surface area contributed by atoms with Crippen LogP contribution >= 0.6 is 34.3 Å². The van der Waals surface area contributed by atoms with Crippen molar-refractivity contribution in [2.75, 3.05) is 26.2 Å². The van der Waals surface area contributed by atoms with Gasteiger partial charge >= 0.3 is 0 Å². The maximum atomic E-state index is 13.4. The Kier molecular flexibility index (Phi) is 7.50. The van der Waals surface area contributed by atoms with E-state index in [4.69, 9.17) is 16.3 Å². The average molecular weight is 489 g/mol. The van der Waals surface area contributed by atoms with Gasteiger partial charge in [0.25, 0.3) is 5.91 Å². The number of hydrogen-bond donors (Lipinski definition) is 0. The molecule has 32 heavy (non-hydrogen) atoms. The molecule has 0 saturated heterocycles. The number of halogens is 1. The van der Waals surface area contributed by atoms with Crippen LogP contribution < -0.4 is 4.74 Å². The van der Waals surface area contributed by atoms with E-state index in [1.807, 2.05) is 35.4 Å². The fourth-order valence-electron chi connectivity index (χ4n) is 3.91. The molecule has 2 amide bonds. The number of amides is 2. The molecule has 0 saturated carbocycles. The van der Waals surface area contributed by atoms with Gasteiger partial charge in [-0.25, -0.2) is 0 Å². The first-order valence-electron chi connectivity index (χ1n) is 10.6. The van der Waals surface area contributed by atoms with Gasteiger partial charge in [0.2, 0.25) is 5.91 Å². The predicted molar refractivity (Wildman–Crippen MR) is 130 cm³/mol. The Morgan fingerprint density at radius 3 is 2.69 bits per heavy atom. The highest BCUT2D eigenvalue weighted by atomic mass is 35.5. The third-order valence-electron chi connectivity index (χ3n) is 5.48. The summed E-state index contributed by atoms with van der Waals surface area (Å²) >= 11 is 9.10. The zero-order valence-corrected chi connectivity index (χ0v) is 20.2. The summed E-state index contributed by atoms with van der Waals surface area (Å²) in [6, 6.07) is 12.8. The lowest BCUT2D eigenvalue weighted by atomic mass is 10.0. The molecule has 1 atom stereocenters. The summed E-state index contributed by atoms with van der Waals surface area (Å²) in [4.78, 5) is 31.8. The summed E-state index contributed by atoms with van der Waals surface area (Å²) < 4.78 is 6.04. The number of carbonyl (C=O) groups is 2. The molecule has 4 rings (SSSR count). The van der Waals surface area contributed by atoms with E-state index in [2.05, 4.69) is 11.4 Å². The Bertz CT molecular complexity index is 1050. The third kappa shape index (κ3) is 5.17. The Balaban J connectivity index is 1.50. The molecule has 0 unspecified atom stereocenters. The highest BCUT2D eigenvalue weighted by Crippen LogP contribution is 2.34. The molecule has 0 aliphatic carbocycles. The number of benzene rings is 1. The normalized spacial score (nSPS) is 15.3. The van der Waals surface area contributed by atoms with Crippen LogP contribution in [0.15, 0.2) is 53.2 Å². The molecule has 168 valence electrons. The zero-order chi connectivity index (χ0) is 22.5. The number of hydrogen-bond acceptors (Lipinski definition) is 5. The van der Waals surface area contributed by atoms with Gasteiger partial charge in [-0.2, -0.15) is 0 Å². The second-order valence-corrected chi connectivity index (χ2v) is 10.0. The molecule has 1 aliphatic heterocycles. The maximum Gasteiger partial charge on any atom is 0.264 e. The summed E-state index contributed by atoms with van der Waals surface area (Å²) in [6.45, 7) is 3.60. The summed E-state index contributed by atoms with van der Waals surface area (Å²) in [5.74, 6) is 0.576. The van der Waals surface area contributed by atoms with E-state index in [-0.39, 0.29) is 24.4 Å². The first kappa shape index (κ1) is 22.8. The van der Waals surface area contributed by atoms with Gasteiger partial charge in [-0.3, -0.25) is 9.59 Å². The summed E-state index contributed by atoms with van der Waals surface area (Å²) in [5.41, 5.74) is 1.13. The molecule has 3 aromatic rings. The van der Waals surface area contributed by atoms with Crippen LogP contribution in [0.4, 0.5) is 0 Å². The average Bonchev–Trinajstić information content (AvgIpc) is 3.50. The quantitative estimate of drug-likeness (QED) is 0.419. The predicted octanol–water partition coefficient (Wildman–Crippen LogP) is 5.52. The van der Waals surface area contributed by atoms with Crippen molar-refractivity contribution >= 4 is 46.1 Å². The smallest absolute Gasteiger partial charge is 0.264 e. The van der Waals surface area contributed by atoms with E-state index in [9.17, 15) is 9.59 Å². The van der Waals surface area contributed by atoms with Gasteiger partial charge in [-0.15, -0.1) is 22.7 Å². The van der Waals surface area contributed by atoms with Crippen molar-refractivity contribution in [1.29, 1.82) is 0 Å². The number of carbonyl (C=O) groups excluding carboxylic acids is 2. The van der Waals surface area contributed by atoms with Crippen molar-refractivity contribution < 1.29 is 14.3 Å². The molecule has 3 heterocycles. The first-order valence-corrected chi connectivity index (χ1v) is 12.8. The lowest BCUT2D eigenvalue weighted by molar-refractivity contribution is -0.135. The summed E-state index contributed by atoms with van der Waals surface area (Å²) in [7, 11) is 0. The lowest BCUT2D eigenvalue weighted by Gasteiger charge is -2.37. The largest absolute Gasteiger partial charge is 0.491 e. The van der Waals surface area contributed by atoms with Gasteiger partial charge in [0.05, 0.1) is 10.9 Å². The minimum Gasteiger partial charge on any atom is -0.491 e. The number of thiophene rings is 2. The van der Waals surface area contributed by atoms with Crippen LogP contribution in [0.5, 0.6) is 5.75 Å². The Morgan fingerprint density at radius 1 is 1.16 bits per heavy atom. The van der Waals surface area contributed by atoms with E-state index in [0.717, 1.165) is 18.4 Å². The van der Waals surface area contributed by atoms with Crippen molar-refractivity contribution in [2.24, 2.45) is 0 Å². The summed E-state index contributed by atoms with van der Waals surface area (Å²) in [6.07, 6.45) is 1.62. The van der Waals surface area contributed by atoms with Crippen molar-refractivity contribution in [3.8, 4) is 5.75 Å². The fraction of sp³-hybridized carbons (Fsp3) is 0.333. The zero-order valence-electron chi connectivity index (χ0n) is 17.8. The molecule has 0 fully saturated rings. The topological polar surface area (TPSA) is 49.9 Å². The molecular formula is C24H25ClN2O3S2. The number of rotatable bonds is 8. The van der Waals surface area contributed by atoms with Gasteiger partial charge in [0.15, 0.2) is 0 Å². The second kappa shape index (κ2) is 10.5. The van der Waals surface area contributed by atoms with E-state index < -0.39 is 0 Å². The van der Waals surface area contributed by atoms with Crippen LogP contribution in [0, 0.1) is 0 Å². The molecule has 2 aromatic heterocycles. The SMILES string of the molecule is CCCN(CC(=O)N1CCc2sccc2[C@H]1COc1ccc(Cl)cc1)C(=O)c1cccs1. The van der Waals surface area contributed by atoms with Crippen LogP contribution in [-0.2, 0) is 11.2 Å². The molecular weight excluding hydrogens is 464 g/mol. The minimum absolute atomic E-state index is 0.0510. The molecule has 0 bridgehead atoms. The van der Waals surface area contributed by atoms with Gasteiger partial charge in [0, 0.05) is 23.0 Å². The van der Waals surface area contributed by atoms with Crippen molar-refractivity contribution in [1.82, 2.24) is 9.80 Å². The summed E-state index contributed by atoms with van der Waals surface area (Å²) in [5, 5.41) is 4.60. The molecule has 0 N–H and O–H groups in total. The monoisotopic (exact) mass is 488 g/mol. The number of ether oxygens (including phenoxy) is 1. The van der Waals surface area contributed by atoms with E-state index >= 15 is 0 Å². The van der Waals surface area contributed by atoms with Crippen molar-refractivity contribution in [3.05, 3.63) is 73.6 Å². The Labute approximate surface area is 201 Å². The minimum atomic E-state index is -0.187. The van der Waals surface area contributed by atoms with Crippen molar-refractivity contribution in [2.45, 2.75) is 25.8 Å². The molecule has 1 aliphatic rings. The van der Waals surface area contributed by atoms with Crippen LogP contribution in [0.25, 0.3) is 0 Å². The van der Waals surface area contributed by atoms with Crippen LogP contribution in [0.2, 0.25) is 5.02 Å².